The van der Waals surface area contributed by atoms with E-state index in [4.69, 9.17) is 0 Å². The molecule has 2 aromatic rings. The number of allylic oxidation sites excluding steroid dienone is 2. The number of carbonyl (C=O) groups excluding carboxylic acids is 2. The number of benzene rings is 2. The number of hydrogen-bond donors (Lipinski definition) is 0. The molecular formula is C23H21F2N5O2. The lowest BCUT2D eigenvalue weighted by Crippen LogP contribution is -2.64. The Morgan fingerprint density at radius 3 is 2.28 bits per heavy atom. The Morgan fingerprint density at radius 2 is 1.59 bits per heavy atom. The van der Waals surface area contributed by atoms with Crippen LogP contribution in [0, 0.1) is 11.6 Å². The predicted molar refractivity (Wildman–Crippen MR) is 114 cm³/mol. The molecule has 3 aliphatic heterocycles. The molecule has 3 heterocycles. The Bertz CT molecular complexity index is 1210. The highest BCUT2D eigenvalue weighted by Crippen LogP contribution is 2.40. The maximum Gasteiger partial charge on any atom is 0.328 e. The molecule has 9 heteroatoms. The summed E-state index contributed by atoms with van der Waals surface area (Å²) >= 11 is 0. The molecule has 0 N–H and O–H groups in total. The van der Waals surface area contributed by atoms with Crippen molar-refractivity contribution >= 4 is 23.6 Å². The van der Waals surface area contributed by atoms with Crippen LogP contribution in [0.15, 0.2) is 64.9 Å². The minimum Gasteiger partial charge on any atom is -0.302 e. The number of aliphatic imine (C=N–C) groups is 1. The zero-order chi connectivity index (χ0) is 22.7. The second-order valence-corrected chi connectivity index (χ2v) is 8.02. The Balaban J connectivity index is 1.54. The summed E-state index contributed by atoms with van der Waals surface area (Å²) in [5, 5.41) is 0. The van der Waals surface area contributed by atoms with Crippen molar-refractivity contribution in [3.05, 3.63) is 77.1 Å². The van der Waals surface area contributed by atoms with Gasteiger partial charge in [-0.1, -0.05) is 30.3 Å². The average molecular weight is 437 g/mol. The van der Waals surface area contributed by atoms with E-state index in [1.807, 2.05) is 13.8 Å². The highest BCUT2D eigenvalue weighted by molar-refractivity contribution is 6.10. The molecule has 32 heavy (non-hydrogen) atoms. The van der Waals surface area contributed by atoms with E-state index in [1.165, 1.54) is 17.0 Å². The summed E-state index contributed by atoms with van der Waals surface area (Å²) in [6.07, 6.45) is -0.765. The number of halogens is 2. The van der Waals surface area contributed by atoms with Crippen LogP contribution in [0.3, 0.4) is 0 Å². The van der Waals surface area contributed by atoms with Crippen molar-refractivity contribution in [1.29, 1.82) is 0 Å². The van der Waals surface area contributed by atoms with Crippen molar-refractivity contribution in [2.24, 2.45) is 4.99 Å². The zero-order valence-electron chi connectivity index (χ0n) is 17.8. The lowest BCUT2D eigenvalue weighted by atomic mass is 10.1. The van der Waals surface area contributed by atoms with Gasteiger partial charge in [-0.2, -0.15) is 0 Å². The van der Waals surface area contributed by atoms with Crippen LogP contribution < -0.4 is 4.90 Å². The van der Waals surface area contributed by atoms with Crippen LogP contribution in [0.1, 0.15) is 19.4 Å². The standard InChI is InChI=1S/C23H21F2N5O2/c1-13-14(2)30-19-20(26-22(30)29(13)18-11-7-6-10-17(18)25)27(3)23(32)28(21(19)31)12-15-8-4-5-9-16(15)24/h4-11,19-20H,12H2,1-3H3. The lowest BCUT2D eigenvalue weighted by molar-refractivity contribution is -0.137. The molecule has 0 spiro atoms. The normalized spacial score (nSPS) is 22.6. The van der Waals surface area contributed by atoms with Crippen molar-refractivity contribution in [2.45, 2.75) is 32.6 Å². The maximum atomic E-state index is 14.6. The number of likely N-dealkylation sites (N-methyl/N-ethyl adjacent to an activating group) is 1. The third kappa shape index (κ3) is 2.73. The van der Waals surface area contributed by atoms with Gasteiger partial charge < -0.3 is 4.90 Å². The van der Waals surface area contributed by atoms with E-state index in [1.54, 1.807) is 53.2 Å². The van der Waals surface area contributed by atoms with Crippen LogP contribution in [-0.2, 0) is 11.3 Å². The van der Waals surface area contributed by atoms with Gasteiger partial charge in [-0.3, -0.25) is 19.5 Å². The average Bonchev–Trinajstić information content (AvgIpc) is 3.27. The van der Waals surface area contributed by atoms with Crippen LogP contribution in [0.5, 0.6) is 0 Å². The molecule has 3 amide bonds. The van der Waals surface area contributed by atoms with Gasteiger partial charge in [0.05, 0.1) is 12.2 Å². The Kier molecular flexibility index (Phi) is 4.51. The topological polar surface area (TPSA) is 59.5 Å². The minimum atomic E-state index is -0.814. The van der Waals surface area contributed by atoms with Crippen molar-refractivity contribution < 1.29 is 18.4 Å². The fourth-order valence-corrected chi connectivity index (χ4v) is 4.48. The summed E-state index contributed by atoms with van der Waals surface area (Å²) in [5.74, 6) is -0.987. The summed E-state index contributed by atoms with van der Waals surface area (Å²) in [6.45, 7) is 3.48. The lowest BCUT2D eigenvalue weighted by Gasteiger charge is -2.40. The van der Waals surface area contributed by atoms with Gasteiger partial charge >= 0.3 is 6.03 Å². The van der Waals surface area contributed by atoms with E-state index in [0.717, 1.165) is 16.3 Å². The van der Waals surface area contributed by atoms with E-state index in [9.17, 15) is 18.4 Å². The van der Waals surface area contributed by atoms with Gasteiger partial charge in [0.15, 0.2) is 12.2 Å². The second kappa shape index (κ2) is 7.15. The number of carbonyl (C=O) groups is 2. The van der Waals surface area contributed by atoms with Crippen molar-refractivity contribution in [3.8, 4) is 0 Å². The van der Waals surface area contributed by atoms with E-state index in [-0.39, 0.29) is 12.1 Å². The first kappa shape index (κ1) is 20.2. The Hall–Kier alpha value is -3.75. The SMILES string of the molecule is CC1=C(C)N2C(=NC3C2C(=O)N(Cc2ccccc2F)C(=O)N3C)N1c1ccccc1F. The van der Waals surface area contributed by atoms with Crippen LogP contribution in [0.4, 0.5) is 19.3 Å². The molecule has 1 fully saturated rings. The molecule has 3 aliphatic rings. The van der Waals surface area contributed by atoms with Gasteiger partial charge in [-0.15, -0.1) is 0 Å². The first-order valence-corrected chi connectivity index (χ1v) is 10.2. The molecule has 0 aromatic heterocycles. The second-order valence-electron chi connectivity index (χ2n) is 8.02. The number of imide groups is 1. The molecule has 0 bridgehead atoms. The predicted octanol–water partition coefficient (Wildman–Crippen LogP) is 3.50. The molecule has 2 atom stereocenters. The zero-order valence-corrected chi connectivity index (χ0v) is 17.8. The monoisotopic (exact) mass is 437 g/mol. The van der Waals surface area contributed by atoms with E-state index in [0.29, 0.717) is 11.6 Å². The third-order valence-electron chi connectivity index (χ3n) is 6.27. The van der Waals surface area contributed by atoms with Gasteiger partial charge in [0.2, 0.25) is 5.96 Å². The summed E-state index contributed by atoms with van der Waals surface area (Å²) in [4.78, 5) is 37.0. The molecular weight excluding hydrogens is 416 g/mol. The molecule has 0 radical (unpaired) electrons. The van der Waals surface area contributed by atoms with Gasteiger partial charge in [0, 0.05) is 24.0 Å². The molecule has 0 aliphatic carbocycles. The molecule has 7 nitrogen and oxygen atoms in total. The number of fused-ring (bicyclic) bond motifs is 3. The smallest absolute Gasteiger partial charge is 0.302 e. The van der Waals surface area contributed by atoms with Crippen molar-refractivity contribution in [2.75, 3.05) is 11.9 Å². The van der Waals surface area contributed by atoms with Crippen molar-refractivity contribution in [1.82, 2.24) is 14.7 Å². The van der Waals surface area contributed by atoms with Crippen molar-refractivity contribution in [3.63, 3.8) is 0 Å². The molecule has 2 unspecified atom stereocenters. The van der Waals surface area contributed by atoms with Crippen LogP contribution in [0.25, 0.3) is 0 Å². The van der Waals surface area contributed by atoms with E-state index in [2.05, 4.69) is 4.99 Å². The van der Waals surface area contributed by atoms with E-state index < -0.39 is 35.8 Å². The first-order chi connectivity index (χ1) is 15.3. The van der Waals surface area contributed by atoms with Gasteiger partial charge in [-0.05, 0) is 32.0 Å². The number of guanidine groups is 1. The summed E-state index contributed by atoms with van der Waals surface area (Å²) in [7, 11) is 1.56. The Morgan fingerprint density at radius 1 is 0.938 bits per heavy atom. The van der Waals surface area contributed by atoms with Gasteiger partial charge in [0.25, 0.3) is 5.91 Å². The van der Waals surface area contributed by atoms with Gasteiger partial charge in [0.1, 0.15) is 11.6 Å². The minimum absolute atomic E-state index is 0.181. The highest BCUT2D eigenvalue weighted by Gasteiger charge is 2.56. The molecule has 164 valence electrons. The summed E-state index contributed by atoms with van der Waals surface area (Å²) < 4.78 is 28.8. The van der Waals surface area contributed by atoms with Crippen LogP contribution in [-0.4, -0.2) is 51.9 Å². The molecule has 0 saturated carbocycles. The number of anilines is 1. The Labute approximate surface area is 183 Å². The molecule has 5 rings (SSSR count). The summed E-state index contributed by atoms with van der Waals surface area (Å²) in [5.41, 5.74) is 2.04. The number of para-hydroxylation sites is 1. The molecule has 1 saturated heterocycles. The summed E-state index contributed by atoms with van der Waals surface area (Å²) in [6, 6.07) is 11.0. The molecule has 2 aromatic carbocycles. The quantitative estimate of drug-likeness (QED) is 0.738. The third-order valence-corrected chi connectivity index (χ3v) is 6.27. The number of urea groups is 1. The first-order valence-electron chi connectivity index (χ1n) is 10.2. The number of hydrogen-bond acceptors (Lipinski definition) is 5. The fraction of sp³-hybridized carbons (Fsp3) is 0.261. The van der Waals surface area contributed by atoms with E-state index >= 15 is 0 Å². The number of amides is 3. The van der Waals surface area contributed by atoms with Gasteiger partial charge in [-0.25, -0.2) is 18.6 Å². The number of rotatable bonds is 3. The maximum absolute atomic E-state index is 14.6. The van der Waals surface area contributed by atoms with Crippen LogP contribution in [0.2, 0.25) is 0 Å². The fourth-order valence-electron chi connectivity index (χ4n) is 4.48. The largest absolute Gasteiger partial charge is 0.328 e. The van der Waals surface area contributed by atoms with Crippen LogP contribution >= 0.6 is 0 Å². The number of nitrogens with zero attached hydrogens (tertiary/aromatic N) is 5. The highest BCUT2D eigenvalue weighted by atomic mass is 19.1.